The van der Waals surface area contributed by atoms with Crippen LogP contribution in [0.2, 0.25) is 0 Å². The van der Waals surface area contributed by atoms with Gasteiger partial charge in [0.1, 0.15) is 28.2 Å². The molecule has 1 nitrogen and oxygen atoms in total. The Balaban J connectivity index is 0.00000267. The van der Waals surface area contributed by atoms with E-state index in [2.05, 4.69) is 140 Å². The molecule has 0 radical (unpaired) electrons. The lowest BCUT2D eigenvalue weighted by Gasteiger charge is -2.28. The molecule has 36 heavy (non-hydrogen) atoms. The highest BCUT2D eigenvalue weighted by Crippen LogP contribution is 2.58. The average molecular weight is 567 g/mol. The highest BCUT2D eigenvalue weighted by Gasteiger charge is 2.45. The summed E-state index contributed by atoms with van der Waals surface area (Å²) in [7, 11) is -1.90. The first kappa shape index (κ1) is 24.6. The van der Waals surface area contributed by atoms with Gasteiger partial charge >= 0.3 is 0 Å². The van der Waals surface area contributed by atoms with E-state index in [4.69, 9.17) is 4.98 Å². The summed E-state index contributed by atoms with van der Waals surface area (Å²) in [6.45, 7) is 0. The molecule has 0 unspecified atom stereocenters. The van der Waals surface area contributed by atoms with Gasteiger partial charge in [0.15, 0.2) is 0 Å². The number of nitrogens with zero attached hydrogens (tertiary/aromatic N) is 1. The van der Waals surface area contributed by atoms with Gasteiger partial charge in [-0.3, -0.25) is 0 Å². The zero-order chi connectivity index (χ0) is 23.5. The molecule has 6 aromatic rings. The quantitative estimate of drug-likeness (QED) is 0.272. The SMILES string of the molecule is [Br-].c1ccc([P+](Cc2ccc(-c3nc4ccccc4s3)cc2)(c2ccccc2)c2ccccc2)cc1. The van der Waals surface area contributed by atoms with Crippen molar-refractivity contribution >= 4 is 44.7 Å². The Hall–Kier alpha value is -3.10. The van der Waals surface area contributed by atoms with Crippen molar-refractivity contribution in [3.63, 3.8) is 0 Å². The van der Waals surface area contributed by atoms with Crippen molar-refractivity contribution in [1.82, 2.24) is 4.98 Å². The highest BCUT2D eigenvalue weighted by atomic mass is 79.9. The summed E-state index contributed by atoms with van der Waals surface area (Å²) >= 11 is 1.76. The smallest absolute Gasteiger partial charge is 0.124 e. The van der Waals surface area contributed by atoms with E-state index < -0.39 is 7.26 Å². The van der Waals surface area contributed by atoms with Crippen LogP contribution in [0, 0.1) is 0 Å². The first-order chi connectivity index (χ1) is 17.3. The summed E-state index contributed by atoms with van der Waals surface area (Å²) in [5, 5.41) is 5.31. The van der Waals surface area contributed by atoms with Crippen LogP contribution in [0.5, 0.6) is 0 Å². The standard InChI is InChI=1S/C32H25NPS.BrH/c1-4-12-27(13-5-1)34(28-14-6-2-7-15-28,29-16-8-3-9-17-29)24-25-20-22-26(23-21-25)32-33-30-18-10-11-19-31(30)35-32;/h1-23H,24H2;1H/q+1;/p-1. The maximum atomic E-state index is 4.86. The zero-order valence-electron chi connectivity index (χ0n) is 19.7. The topological polar surface area (TPSA) is 12.9 Å². The Morgan fingerprint density at radius 3 is 1.50 bits per heavy atom. The lowest BCUT2D eigenvalue weighted by atomic mass is 10.2. The molecule has 0 saturated carbocycles. The predicted octanol–water partition coefficient (Wildman–Crippen LogP) is 4.46. The second kappa shape index (κ2) is 10.9. The van der Waals surface area contributed by atoms with E-state index in [9.17, 15) is 0 Å². The van der Waals surface area contributed by atoms with E-state index in [-0.39, 0.29) is 17.0 Å². The molecule has 0 aliphatic rings. The normalized spacial score (nSPS) is 11.2. The van der Waals surface area contributed by atoms with Crippen LogP contribution < -0.4 is 32.9 Å². The third-order valence-corrected chi connectivity index (χ3v) is 12.0. The molecular formula is C32H25BrNPS. The summed E-state index contributed by atoms with van der Waals surface area (Å²) in [4.78, 5) is 4.86. The van der Waals surface area contributed by atoms with Gasteiger partial charge < -0.3 is 17.0 Å². The largest absolute Gasteiger partial charge is 1.00 e. The zero-order valence-corrected chi connectivity index (χ0v) is 23.0. The Bertz CT molecular complexity index is 1420. The number of para-hydroxylation sites is 1. The van der Waals surface area contributed by atoms with Crippen LogP contribution in [-0.4, -0.2) is 4.98 Å². The number of thiazole rings is 1. The minimum atomic E-state index is -1.90. The van der Waals surface area contributed by atoms with Crippen LogP contribution >= 0.6 is 18.6 Å². The third kappa shape index (κ3) is 4.67. The Morgan fingerprint density at radius 1 is 0.528 bits per heavy atom. The molecule has 0 saturated heterocycles. The second-order valence-electron chi connectivity index (χ2n) is 8.66. The Morgan fingerprint density at radius 2 is 1.00 bits per heavy atom. The number of hydrogen-bond donors (Lipinski definition) is 0. The summed E-state index contributed by atoms with van der Waals surface area (Å²) in [6, 6.07) is 50.7. The number of rotatable bonds is 6. The highest BCUT2D eigenvalue weighted by molar-refractivity contribution is 7.95. The summed E-state index contributed by atoms with van der Waals surface area (Å²) in [5.41, 5.74) is 3.59. The number of fused-ring (bicyclic) bond motifs is 1. The van der Waals surface area contributed by atoms with E-state index in [1.165, 1.54) is 31.7 Å². The van der Waals surface area contributed by atoms with Crippen molar-refractivity contribution in [3.8, 4) is 10.6 Å². The molecule has 0 spiro atoms. The molecule has 4 heteroatoms. The fourth-order valence-electron chi connectivity index (χ4n) is 4.79. The molecule has 0 amide bonds. The molecule has 0 atom stereocenters. The summed E-state index contributed by atoms with van der Waals surface area (Å²) in [5.74, 6) is 0. The van der Waals surface area contributed by atoms with E-state index in [0.29, 0.717) is 0 Å². The monoisotopic (exact) mass is 565 g/mol. The van der Waals surface area contributed by atoms with E-state index >= 15 is 0 Å². The van der Waals surface area contributed by atoms with Crippen molar-refractivity contribution < 1.29 is 17.0 Å². The van der Waals surface area contributed by atoms with Gasteiger partial charge in [0.2, 0.25) is 0 Å². The maximum absolute atomic E-state index is 4.86. The molecule has 0 fully saturated rings. The van der Waals surface area contributed by atoms with E-state index in [0.717, 1.165) is 16.7 Å². The van der Waals surface area contributed by atoms with Gasteiger partial charge in [-0.1, -0.05) is 91.0 Å². The Labute approximate surface area is 227 Å². The van der Waals surface area contributed by atoms with Crippen molar-refractivity contribution in [3.05, 3.63) is 145 Å². The molecule has 1 heterocycles. The van der Waals surface area contributed by atoms with Crippen molar-refractivity contribution in [1.29, 1.82) is 0 Å². The second-order valence-corrected chi connectivity index (χ2v) is 13.2. The molecule has 5 aromatic carbocycles. The van der Waals surface area contributed by atoms with Crippen LogP contribution in [0.4, 0.5) is 0 Å². The molecule has 6 rings (SSSR count). The number of benzene rings is 5. The molecule has 0 bridgehead atoms. The van der Waals surface area contributed by atoms with Gasteiger partial charge in [-0.15, -0.1) is 11.3 Å². The molecule has 1 aromatic heterocycles. The number of halogens is 1. The average Bonchev–Trinajstić information content (AvgIpc) is 3.38. The molecular weight excluding hydrogens is 541 g/mol. The lowest BCUT2D eigenvalue weighted by Crippen LogP contribution is -3.00. The number of aromatic nitrogens is 1. The van der Waals surface area contributed by atoms with Gasteiger partial charge in [-0.05, 0) is 54.1 Å². The van der Waals surface area contributed by atoms with Crippen molar-refractivity contribution in [2.24, 2.45) is 0 Å². The maximum Gasteiger partial charge on any atom is 0.124 e. The molecule has 0 N–H and O–H groups in total. The van der Waals surface area contributed by atoms with E-state index in [1.54, 1.807) is 11.3 Å². The van der Waals surface area contributed by atoms with Crippen LogP contribution in [0.3, 0.4) is 0 Å². The van der Waals surface area contributed by atoms with Crippen LogP contribution in [0.1, 0.15) is 5.56 Å². The lowest BCUT2D eigenvalue weighted by molar-refractivity contribution is -0.00000666. The van der Waals surface area contributed by atoms with Gasteiger partial charge in [-0.25, -0.2) is 4.98 Å². The van der Waals surface area contributed by atoms with E-state index in [1.807, 2.05) is 0 Å². The summed E-state index contributed by atoms with van der Waals surface area (Å²) in [6.07, 6.45) is 0.977. The fourth-order valence-corrected chi connectivity index (χ4v) is 10.0. The fraction of sp³-hybridized carbons (Fsp3) is 0.0312. The van der Waals surface area contributed by atoms with Crippen molar-refractivity contribution in [2.45, 2.75) is 6.16 Å². The third-order valence-electron chi connectivity index (χ3n) is 6.51. The summed E-state index contributed by atoms with van der Waals surface area (Å²) < 4.78 is 1.23. The van der Waals surface area contributed by atoms with Crippen LogP contribution in [0.15, 0.2) is 140 Å². The first-order valence-corrected chi connectivity index (χ1v) is 14.6. The number of hydrogen-bond acceptors (Lipinski definition) is 2. The van der Waals surface area contributed by atoms with Gasteiger partial charge in [0.25, 0.3) is 0 Å². The molecule has 0 aliphatic carbocycles. The minimum Gasteiger partial charge on any atom is -1.00 e. The molecule has 176 valence electrons. The molecule has 0 aliphatic heterocycles. The predicted molar refractivity (Wildman–Crippen MR) is 154 cm³/mol. The minimum absolute atomic E-state index is 0. The van der Waals surface area contributed by atoms with Crippen LogP contribution in [-0.2, 0) is 6.16 Å². The first-order valence-electron chi connectivity index (χ1n) is 11.8. The van der Waals surface area contributed by atoms with Gasteiger partial charge in [0, 0.05) is 5.56 Å². The van der Waals surface area contributed by atoms with Crippen LogP contribution in [0.25, 0.3) is 20.8 Å². The van der Waals surface area contributed by atoms with Gasteiger partial charge in [-0.2, -0.15) is 0 Å². The Kier molecular flexibility index (Phi) is 7.43. The van der Waals surface area contributed by atoms with Gasteiger partial charge in [0.05, 0.1) is 16.4 Å². The van der Waals surface area contributed by atoms with Crippen molar-refractivity contribution in [2.75, 3.05) is 0 Å².